The van der Waals surface area contributed by atoms with E-state index in [9.17, 15) is 18.4 Å². The predicted octanol–water partition coefficient (Wildman–Crippen LogP) is 5.31. The standard InChI is InChI=1S/C31H28F2N6O3/c1-42-27-17-23(30(41)34-16-2-15-32)9-13-26(27)36-31-37-28-14-10-24(19-39(28)38-31)21-5-7-22(8-6-21)29(40)35-18-20-3-11-25(33)12-4-20/h3-14,17,19H,2,15-16,18H2,1H3,(H,34,41)(H,35,40)(H,36,38). The van der Waals surface area contributed by atoms with Gasteiger partial charge in [0.2, 0.25) is 5.95 Å². The molecule has 0 bridgehead atoms. The van der Waals surface area contributed by atoms with Crippen LogP contribution in [0.15, 0.2) is 85.1 Å². The molecule has 0 aliphatic heterocycles. The van der Waals surface area contributed by atoms with Crippen molar-refractivity contribution < 1.29 is 23.1 Å². The summed E-state index contributed by atoms with van der Waals surface area (Å²) in [6, 6.07) is 21.8. The molecular formula is C31H28F2N6O3. The fraction of sp³-hybridized carbons (Fsp3) is 0.161. The first-order chi connectivity index (χ1) is 20.4. The van der Waals surface area contributed by atoms with Crippen LogP contribution in [0.2, 0.25) is 0 Å². The zero-order valence-corrected chi connectivity index (χ0v) is 22.7. The molecule has 2 heterocycles. The van der Waals surface area contributed by atoms with Crippen LogP contribution in [0.5, 0.6) is 5.75 Å². The third-order valence-electron chi connectivity index (χ3n) is 6.48. The number of fused-ring (bicyclic) bond motifs is 1. The monoisotopic (exact) mass is 570 g/mol. The number of anilines is 2. The van der Waals surface area contributed by atoms with E-state index in [4.69, 9.17) is 4.74 Å². The number of nitrogens with one attached hydrogen (secondary N) is 3. The average Bonchev–Trinajstić information content (AvgIpc) is 3.42. The maximum absolute atomic E-state index is 13.1. The highest BCUT2D eigenvalue weighted by Gasteiger charge is 2.13. The number of amides is 2. The molecule has 0 spiro atoms. The van der Waals surface area contributed by atoms with Gasteiger partial charge in [-0.15, -0.1) is 5.10 Å². The fourth-order valence-corrected chi connectivity index (χ4v) is 4.23. The molecular weight excluding hydrogens is 542 g/mol. The molecule has 9 nitrogen and oxygen atoms in total. The molecule has 0 saturated carbocycles. The van der Waals surface area contributed by atoms with Gasteiger partial charge in [0.25, 0.3) is 11.8 Å². The van der Waals surface area contributed by atoms with Crippen LogP contribution in [0.1, 0.15) is 32.7 Å². The summed E-state index contributed by atoms with van der Waals surface area (Å²) in [5.74, 6) is -0.105. The minimum Gasteiger partial charge on any atom is -0.495 e. The lowest BCUT2D eigenvalue weighted by Gasteiger charge is -2.11. The highest BCUT2D eigenvalue weighted by atomic mass is 19.1. The number of alkyl halides is 1. The minimum absolute atomic E-state index is 0.228. The average molecular weight is 571 g/mol. The van der Waals surface area contributed by atoms with Gasteiger partial charge in [0, 0.05) is 36.0 Å². The van der Waals surface area contributed by atoms with Crippen molar-refractivity contribution in [1.29, 1.82) is 0 Å². The molecule has 5 aromatic rings. The Morgan fingerprint density at radius 3 is 2.33 bits per heavy atom. The lowest BCUT2D eigenvalue weighted by atomic mass is 10.1. The van der Waals surface area contributed by atoms with E-state index >= 15 is 0 Å². The molecule has 214 valence electrons. The lowest BCUT2D eigenvalue weighted by Crippen LogP contribution is -2.24. The largest absolute Gasteiger partial charge is 0.495 e. The Morgan fingerprint density at radius 2 is 1.60 bits per heavy atom. The number of methoxy groups -OCH3 is 1. The van der Waals surface area contributed by atoms with Crippen LogP contribution < -0.4 is 20.7 Å². The number of hydrogen-bond acceptors (Lipinski definition) is 6. The van der Waals surface area contributed by atoms with Crippen LogP contribution in [0.4, 0.5) is 20.4 Å². The van der Waals surface area contributed by atoms with E-state index in [0.717, 1.165) is 16.7 Å². The molecule has 3 aromatic carbocycles. The van der Waals surface area contributed by atoms with Gasteiger partial charge < -0.3 is 20.7 Å². The molecule has 2 amide bonds. The number of rotatable bonds is 11. The van der Waals surface area contributed by atoms with E-state index in [1.807, 2.05) is 30.5 Å². The van der Waals surface area contributed by atoms with Crippen molar-refractivity contribution in [2.75, 3.05) is 25.6 Å². The number of hydrogen-bond donors (Lipinski definition) is 3. The molecule has 11 heteroatoms. The van der Waals surface area contributed by atoms with Gasteiger partial charge in [0.05, 0.1) is 19.5 Å². The molecule has 5 rings (SSSR count). The zero-order valence-electron chi connectivity index (χ0n) is 22.7. The van der Waals surface area contributed by atoms with E-state index in [1.54, 1.807) is 47.0 Å². The number of ether oxygens (including phenoxy) is 1. The van der Waals surface area contributed by atoms with Crippen molar-refractivity contribution in [2.45, 2.75) is 13.0 Å². The van der Waals surface area contributed by atoms with Gasteiger partial charge in [-0.25, -0.2) is 8.91 Å². The fourth-order valence-electron chi connectivity index (χ4n) is 4.23. The summed E-state index contributed by atoms with van der Waals surface area (Å²) in [5, 5.41) is 13.1. The highest BCUT2D eigenvalue weighted by molar-refractivity contribution is 5.95. The van der Waals surface area contributed by atoms with Crippen LogP contribution >= 0.6 is 0 Å². The molecule has 42 heavy (non-hydrogen) atoms. The van der Waals surface area contributed by atoms with Gasteiger partial charge in [0.15, 0.2) is 5.65 Å². The number of aromatic nitrogens is 3. The SMILES string of the molecule is COc1cc(C(=O)NCCCF)ccc1Nc1nc2ccc(-c3ccc(C(=O)NCc4ccc(F)cc4)cc3)cn2n1. The Labute approximate surface area is 240 Å². The van der Waals surface area contributed by atoms with E-state index in [2.05, 4.69) is 26.0 Å². The van der Waals surface area contributed by atoms with Gasteiger partial charge in [-0.3, -0.25) is 14.0 Å². The van der Waals surface area contributed by atoms with Crippen molar-refractivity contribution in [3.63, 3.8) is 0 Å². The summed E-state index contributed by atoms with van der Waals surface area (Å²) in [7, 11) is 1.50. The van der Waals surface area contributed by atoms with Gasteiger partial charge in [-0.05, 0) is 72.1 Å². The Kier molecular flexibility index (Phi) is 8.67. The smallest absolute Gasteiger partial charge is 0.251 e. The highest BCUT2D eigenvalue weighted by Crippen LogP contribution is 2.28. The van der Waals surface area contributed by atoms with Crippen LogP contribution in [0, 0.1) is 5.82 Å². The van der Waals surface area contributed by atoms with Crippen LogP contribution in [-0.4, -0.2) is 46.7 Å². The minimum atomic E-state index is -0.494. The summed E-state index contributed by atoms with van der Waals surface area (Å²) in [5.41, 5.74) is 4.65. The Hall–Kier alpha value is -5.32. The predicted molar refractivity (Wildman–Crippen MR) is 155 cm³/mol. The molecule has 0 aliphatic carbocycles. The van der Waals surface area contributed by atoms with Crippen molar-refractivity contribution >= 4 is 29.1 Å². The number of benzene rings is 3. The van der Waals surface area contributed by atoms with Crippen LogP contribution in [0.3, 0.4) is 0 Å². The van der Waals surface area contributed by atoms with E-state index in [0.29, 0.717) is 40.7 Å². The first kappa shape index (κ1) is 28.2. The first-order valence-electron chi connectivity index (χ1n) is 13.2. The maximum atomic E-state index is 13.1. The third-order valence-corrected chi connectivity index (χ3v) is 6.48. The topological polar surface area (TPSA) is 110 Å². The molecule has 0 fully saturated rings. The normalized spacial score (nSPS) is 10.8. The van der Waals surface area contributed by atoms with Crippen LogP contribution in [0.25, 0.3) is 16.8 Å². The molecule has 0 atom stereocenters. The second-order valence-corrected chi connectivity index (χ2v) is 9.38. The number of carbonyl (C=O) groups excluding carboxylic acids is 2. The summed E-state index contributed by atoms with van der Waals surface area (Å²) in [4.78, 5) is 29.4. The number of carbonyl (C=O) groups is 2. The number of pyridine rings is 1. The Morgan fingerprint density at radius 1 is 0.881 bits per heavy atom. The third kappa shape index (κ3) is 6.69. The molecule has 0 unspecified atom stereocenters. The maximum Gasteiger partial charge on any atom is 0.251 e. The van der Waals surface area contributed by atoms with Crippen LogP contribution in [-0.2, 0) is 6.54 Å². The quantitative estimate of drug-likeness (QED) is 0.186. The van der Waals surface area contributed by atoms with E-state index < -0.39 is 6.67 Å². The summed E-state index contributed by atoms with van der Waals surface area (Å²) in [6.07, 6.45) is 2.09. The number of nitrogens with zero attached hydrogens (tertiary/aromatic N) is 3. The van der Waals surface area contributed by atoms with Crippen molar-refractivity contribution in [1.82, 2.24) is 25.2 Å². The first-order valence-corrected chi connectivity index (χ1v) is 13.2. The zero-order chi connectivity index (χ0) is 29.5. The summed E-state index contributed by atoms with van der Waals surface area (Å²) in [6.45, 7) is 0.0579. The van der Waals surface area contributed by atoms with E-state index in [1.165, 1.54) is 19.2 Å². The summed E-state index contributed by atoms with van der Waals surface area (Å²) >= 11 is 0. The second-order valence-electron chi connectivity index (χ2n) is 9.38. The van der Waals surface area contributed by atoms with Crippen molar-refractivity contribution in [2.24, 2.45) is 0 Å². The molecule has 0 radical (unpaired) electrons. The lowest BCUT2D eigenvalue weighted by molar-refractivity contribution is 0.0943. The molecule has 2 aromatic heterocycles. The van der Waals surface area contributed by atoms with Gasteiger partial charge >= 0.3 is 0 Å². The number of halogens is 2. The van der Waals surface area contributed by atoms with Crippen molar-refractivity contribution in [3.05, 3.63) is 108 Å². The van der Waals surface area contributed by atoms with Crippen molar-refractivity contribution in [3.8, 4) is 16.9 Å². The van der Waals surface area contributed by atoms with E-state index in [-0.39, 0.29) is 30.6 Å². The molecule has 0 saturated heterocycles. The second kappa shape index (κ2) is 12.9. The Bertz CT molecular complexity index is 1700. The Balaban J connectivity index is 1.25. The van der Waals surface area contributed by atoms with Gasteiger partial charge in [-0.1, -0.05) is 24.3 Å². The summed E-state index contributed by atoms with van der Waals surface area (Å²) < 4.78 is 32.5. The molecule has 3 N–H and O–H groups in total. The molecule has 0 aliphatic rings. The van der Waals surface area contributed by atoms with Gasteiger partial charge in [-0.2, -0.15) is 4.98 Å². The van der Waals surface area contributed by atoms with Gasteiger partial charge in [0.1, 0.15) is 11.6 Å².